The molecule has 1 N–H and O–H groups in total. The van der Waals surface area contributed by atoms with Crippen LogP contribution in [0.25, 0.3) is 33.3 Å². The standard InChI is InChI=1S/C19H13BrN2/c20-16-10-11-17-18(12-16)21-22-19(17)15-8-6-14(7-9-15)13-4-2-1-3-5-13/h1-12H,(H,21,22). The van der Waals surface area contributed by atoms with Crippen LogP contribution in [0.3, 0.4) is 0 Å². The van der Waals surface area contributed by atoms with Crippen LogP contribution in [0.15, 0.2) is 77.3 Å². The van der Waals surface area contributed by atoms with Crippen molar-refractivity contribution in [2.45, 2.75) is 0 Å². The Morgan fingerprint density at radius 1 is 0.727 bits per heavy atom. The van der Waals surface area contributed by atoms with E-state index in [0.717, 1.165) is 26.6 Å². The highest BCUT2D eigenvalue weighted by Gasteiger charge is 2.08. The van der Waals surface area contributed by atoms with Crippen LogP contribution >= 0.6 is 15.9 Å². The number of halogens is 1. The molecule has 106 valence electrons. The van der Waals surface area contributed by atoms with Gasteiger partial charge in [-0.1, -0.05) is 70.5 Å². The second-order valence-corrected chi connectivity index (χ2v) is 6.12. The molecule has 0 saturated heterocycles. The molecular formula is C19H13BrN2. The number of nitrogens with zero attached hydrogens (tertiary/aromatic N) is 1. The second-order valence-electron chi connectivity index (χ2n) is 5.21. The third-order valence-corrected chi connectivity index (χ3v) is 4.28. The normalized spacial score (nSPS) is 11.0. The third-order valence-electron chi connectivity index (χ3n) is 3.79. The predicted octanol–water partition coefficient (Wildman–Crippen LogP) is 5.66. The van der Waals surface area contributed by atoms with Crippen molar-refractivity contribution >= 4 is 26.8 Å². The number of rotatable bonds is 2. The Morgan fingerprint density at radius 2 is 1.41 bits per heavy atom. The lowest BCUT2D eigenvalue weighted by molar-refractivity contribution is 1.12. The summed E-state index contributed by atoms with van der Waals surface area (Å²) in [7, 11) is 0. The van der Waals surface area contributed by atoms with Gasteiger partial charge in [-0.25, -0.2) is 0 Å². The van der Waals surface area contributed by atoms with E-state index >= 15 is 0 Å². The van der Waals surface area contributed by atoms with Gasteiger partial charge in [-0.3, -0.25) is 5.10 Å². The van der Waals surface area contributed by atoms with Gasteiger partial charge in [-0.2, -0.15) is 5.10 Å². The van der Waals surface area contributed by atoms with Crippen LogP contribution in [0.5, 0.6) is 0 Å². The highest BCUT2D eigenvalue weighted by atomic mass is 79.9. The maximum Gasteiger partial charge on any atom is 0.0999 e. The molecule has 3 aromatic carbocycles. The van der Waals surface area contributed by atoms with Gasteiger partial charge in [0.2, 0.25) is 0 Å². The van der Waals surface area contributed by atoms with Crippen molar-refractivity contribution in [3.05, 3.63) is 77.3 Å². The van der Waals surface area contributed by atoms with Crippen LogP contribution in [0.1, 0.15) is 0 Å². The first-order valence-corrected chi connectivity index (χ1v) is 7.90. The average Bonchev–Trinajstić information content (AvgIpc) is 2.99. The van der Waals surface area contributed by atoms with Gasteiger partial charge >= 0.3 is 0 Å². The van der Waals surface area contributed by atoms with Crippen molar-refractivity contribution in [1.82, 2.24) is 10.2 Å². The molecule has 0 bridgehead atoms. The van der Waals surface area contributed by atoms with Gasteiger partial charge in [0, 0.05) is 15.4 Å². The van der Waals surface area contributed by atoms with Gasteiger partial charge < -0.3 is 0 Å². The zero-order valence-corrected chi connectivity index (χ0v) is 13.3. The molecule has 0 aliphatic heterocycles. The predicted molar refractivity (Wildman–Crippen MR) is 94.7 cm³/mol. The van der Waals surface area contributed by atoms with E-state index in [9.17, 15) is 0 Å². The minimum Gasteiger partial charge on any atom is -0.277 e. The Balaban J connectivity index is 1.76. The molecule has 1 heterocycles. The van der Waals surface area contributed by atoms with E-state index in [0.29, 0.717) is 0 Å². The van der Waals surface area contributed by atoms with Crippen molar-refractivity contribution in [3.63, 3.8) is 0 Å². The SMILES string of the molecule is Brc1ccc2c(-c3ccc(-c4ccccc4)cc3)n[nH]c2c1. The first kappa shape index (κ1) is 13.3. The summed E-state index contributed by atoms with van der Waals surface area (Å²) in [5.74, 6) is 0. The highest BCUT2D eigenvalue weighted by Crippen LogP contribution is 2.29. The van der Waals surface area contributed by atoms with Crippen molar-refractivity contribution in [1.29, 1.82) is 0 Å². The monoisotopic (exact) mass is 348 g/mol. The van der Waals surface area contributed by atoms with Crippen molar-refractivity contribution in [2.24, 2.45) is 0 Å². The van der Waals surface area contributed by atoms with E-state index in [1.165, 1.54) is 11.1 Å². The summed E-state index contributed by atoms with van der Waals surface area (Å²) < 4.78 is 1.05. The first-order chi connectivity index (χ1) is 10.8. The number of aromatic nitrogens is 2. The lowest BCUT2D eigenvalue weighted by atomic mass is 10.0. The van der Waals surface area contributed by atoms with Gasteiger partial charge in [-0.05, 0) is 29.3 Å². The summed E-state index contributed by atoms with van der Waals surface area (Å²) in [6.07, 6.45) is 0. The molecule has 22 heavy (non-hydrogen) atoms. The number of benzene rings is 3. The summed E-state index contributed by atoms with van der Waals surface area (Å²) in [4.78, 5) is 0. The van der Waals surface area contributed by atoms with E-state index in [-0.39, 0.29) is 0 Å². The zero-order chi connectivity index (χ0) is 14.9. The second kappa shape index (κ2) is 5.43. The molecular weight excluding hydrogens is 336 g/mol. The minimum absolute atomic E-state index is 0.988. The molecule has 0 spiro atoms. The topological polar surface area (TPSA) is 28.7 Å². The Kier molecular flexibility index (Phi) is 3.28. The van der Waals surface area contributed by atoms with Gasteiger partial charge in [0.15, 0.2) is 0 Å². The van der Waals surface area contributed by atoms with Crippen molar-refractivity contribution in [2.75, 3.05) is 0 Å². The van der Waals surface area contributed by atoms with Crippen molar-refractivity contribution < 1.29 is 0 Å². The number of nitrogens with one attached hydrogen (secondary N) is 1. The van der Waals surface area contributed by atoms with Gasteiger partial charge in [-0.15, -0.1) is 0 Å². The molecule has 4 rings (SSSR count). The maximum absolute atomic E-state index is 4.46. The number of H-pyrrole nitrogens is 1. The molecule has 0 amide bonds. The molecule has 0 radical (unpaired) electrons. The highest BCUT2D eigenvalue weighted by molar-refractivity contribution is 9.10. The summed E-state index contributed by atoms with van der Waals surface area (Å²) >= 11 is 3.49. The number of aromatic amines is 1. The zero-order valence-electron chi connectivity index (χ0n) is 11.8. The Bertz CT molecular complexity index is 925. The number of fused-ring (bicyclic) bond motifs is 1. The molecule has 0 aliphatic rings. The molecule has 1 aromatic heterocycles. The molecule has 0 aliphatic carbocycles. The lowest BCUT2D eigenvalue weighted by Crippen LogP contribution is -1.81. The van der Waals surface area contributed by atoms with E-state index in [2.05, 4.69) is 80.7 Å². The molecule has 0 atom stereocenters. The van der Waals surface area contributed by atoms with Gasteiger partial charge in [0.1, 0.15) is 0 Å². The summed E-state index contributed by atoms with van der Waals surface area (Å²) in [6, 6.07) is 25.1. The van der Waals surface area contributed by atoms with E-state index in [1.807, 2.05) is 18.2 Å². The number of hydrogen-bond donors (Lipinski definition) is 1. The van der Waals surface area contributed by atoms with Crippen LogP contribution in [0, 0.1) is 0 Å². The summed E-state index contributed by atoms with van der Waals surface area (Å²) in [6.45, 7) is 0. The first-order valence-electron chi connectivity index (χ1n) is 7.11. The van der Waals surface area contributed by atoms with Crippen molar-refractivity contribution in [3.8, 4) is 22.4 Å². The molecule has 4 aromatic rings. The van der Waals surface area contributed by atoms with E-state index in [1.54, 1.807) is 0 Å². The fourth-order valence-electron chi connectivity index (χ4n) is 2.66. The lowest BCUT2D eigenvalue weighted by Gasteiger charge is -2.03. The smallest absolute Gasteiger partial charge is 0.0999 e. The fraction of sp³-hybridized carbons (Fsp3) is 0. The fourth-order valence-corrected chi connectivity index (χ4v) is 3.02. The largest absolute Gasteiger partial charge is 0.277 e. The third kappa shape index (κ3) is 2.34. The van der Waals surface area contributed by atoms with Crippen LogP contribution in [-0.2, 0) is 0 Å². The molecule has 3 heteroatoms. The quantitative estimate of drug-likeness (QED) is 0.497. The number of hydrogen-bond acceptors (Lipinski definition) is 1. The molecule has 2 nitrogen and oxygen atoms in total. The summed E-state index contributed by atoms with van der Waals surface area (Å²) in [5, 5.41) is 8.69. The molecule has 0 fully saturated rings. The van der Waals surface area contributed by atoms with Gasteiger partial charge in [0.05, 0.1) is 11.2 Å². The Morgan fingerprint density at radius 3 is 2.18 bits per heavy atom. The molecule has 0 saturated carbocycles. The molecule has 0 unspecified atom stereocenters. The van der Waals surface area contributed by atoms with E-state index in [4.69, 9.17) is 0 Å². The minimum atomic E-state index is 0.988. The average molecular weight is 349 g/mol. The Hall–Kier alpha value is -2.39. The Labute approximate surface area is 136 Å². The van der Waals surface area contributed by atoms with Crippen LogP contribution in [0.2, 0.25) is 0 Å². The van der Waals surface area contributed by atoms with Crippen LogP contribution in [-0.4, -0.2) is 10.2 Å². The summed E-state index contributed by atoms with van der Waals surface area (Å²) in [5.41, 5.74) is 5.59. The van der Waals surface area contributed by atoms with Crippen LogP contribution < -0.4 is 0 Å². The van der Waals surface area contributed by atoms with Crippen LogP contribution in [0.4, 0.5) is 0 Å². The van der Waals surface area contributed by atoms with Gasteiger partial charge in [0.25, 0.3) is 0 Å². The van der Waals surface area contributed by atoms with E-state index < -0.39 is 0 Å². The maximum atomic E-state index is 4.46.